The number of ether oxygens (including phenoxy) is 2. The number of carbonyl (C=O) groups excluding carboxylic acids is 1. The van der Waals surface area contributed by atoms with Gasteiger partial charge in [-0.2, -0.15) is 5.10 Å². The molecule has 6 rings (SSSR count). The Morgan fingerprint density at radius 2 is 1.88 bits per heavy atom. The lowest BCUT2D eigenvalue weighted by Crippen LogP contribution is -2.28. The molecule has 9 nitrogen and oxygen atoms in total. The first kappa shape index (κ1) is 26.9. The molecule has 0 aliphatic rings. The topological polar surface area (TPSA) is 100 Å². The van der Waals surface area contributed by atoms with E-state index >= 15 is 4.39 Å². The standard InChI is InChI=1S/C31H24FN5O4S/c1-3-36-18-19(17-34-36)27-16-23-29(42-27)26(11-13-33-23)41-24-10-9-20(15-22(24)32)35-30(38)28-25(40-2)12-14-37(31(28)39)21-7-5-4-6-8-21/h4-18H,3H2,1-2H3,(H,35,38). The van der Waals surface area contributed by atoms with Gasteiger partial charge in [0.05, 0.1) is 23.5 Å². The zero-order chi connectivity index (χ0) is 29.2. The normalized spacial score (nSPS) is 11.0. The third-order valence-corrected chi connectivity index (χ3v) is 7.75. The van der Waals surface area contributed by atoms with Crippen molar-refractivity contribution in [3.8, 4) is 33.4 Å². The summed E-state index contributed by atoms with van der Waals surface area (Å²) in [7, 11) is 1.37. The van der Waals surface area contributed by atoms with Gasteiger partial charge in [0.1, 0.15) is 17.1 Å². The number of halogens is 1. The maximum absolute atomic E-state index is 15.2. The van der Waals surface area contributed by atoms with E-state index in [2.05, 4.69) is 15.4 Å². The van der Waals surface area contributed by atoms with Crippen LogP contribution >= 0.6 is 11.3 Å². The molecule has 0 saturated heterocycles. The van der Waals surface area contributed by atoms with E-state index in [0.717, 1.165) is 33.3 Å². The van der Waals surface area contributed by atoms with Gasteiger partial charge in [-0.25, -0.2) is 4.39 Å². The van der Waals surface area contributed by atoms with Gasteiger partial charge in [-0.05, 0) is 43.3 Å². The van der Waals surface area contributed by atoms with E-state index in [1.165, 1.54) is 47.4 Å². The van der Waals surface area contributed by atoms with E-state index in [1.807, 2.05) is 29.9 Å². The highest BCUT2D eigenvalue weighted by atomic mass is 32.1. The number of aryl methyl sites for hydroxylation is 1. The van der Waals surface area contributed by atoms with Crippen LogP contribution in [0.4, 0.5) is 10.1 Å². The van der Waals surface area contributed by atoms with Crippen molar-refractivity contribution in [1.29, 1.82) is 0 Å². The van der Waals surface area contributed by atoms with E-state index in [9.17, 15) is 9.59 Å². The van der Waals surface area contributed by atoms with Gasteiger partial charge in [-0.15, -0.1) is 11.3 Å². The number of rotatable bonds is 8. The Balaban J connectivity index is 1.25. The van der Waals surface area contributed by atoms with Gasteiger partial charge in [0.25, 0.3) is 11.5 Å². The number of carbonyl (C=O) groups is 1. The van der Waals surface area contributed by atoms with Crippen molar-refractivity contribution in [2.75, 3.05) is 12.4 Å². The fourth-order valence-corrected chi connectivity index (χ4v) is 5.50. The lowest BCUT2D eigenvalue weighted by molar-refractivity contribution is 0.102. The number of hydrogen-bond donors (Lipinski definition) is 1. The molecule has 11 heteroatoms. The molecule has 0 unspecified atom stereocenters. The smallest absolute Gasteiger partial charge is 0.271 e. The van der Waals surface area contributed by atoms with Gasteiger partial charge in [0.15, 0.2) is 11.6 Å². The molecule has 6 aromatic rings. The van der Waals surface area contributed by atoms with Crippen molar-refractivity contribution in [1.82, 2.24) is 19.3 Å². The number of anilines is 1. The van der Waals surface area contributed by atoms with Crippen LogP contribution in [-0.2, 0) is 6.54 Å². The average molecular weight is 582 g/mol. The second-order valence-corrected chi connectivity index (χ2v) is 10.2. The number of amides is 1. The number of benzene rings is 2. The number of pyridine rings is 2. The number of thiophene rings is 1. The SMILES string of the molecule is CCn1cc(-c2cc3nccc(Oc4ccc(NC(=O)c5c(OC)ccn(-c6ccccc6)c5=O)cc4F)c3s2)cn1. The number of fused-ring (bicyclic) bond motifs is 1. The largest absolute Gasteiger partial charge is 0.496 e. The van der Waals surface area contributed by atoms with Gasteiger partial charge >= 0.3 is 0 Å². The first-order valence-electron chi connectivity index (χ1n) is 13.0. The molecule has 0 radical (unpaired) electrons. The molecule has 1 N–H and O–H groups in total. The Morgan fingerprint density at radius 3 is 2.62 bits per heavy atom. The van der Waals surface area contributed by atoms with Gasteiger partial charge < -0.3 is 14.8 Å². The molecule has 0 bridgehead atoms. The van der Waals surface area contributed by atoms with E-state index in [0.29, 0.717) is 11.4 Å². The summed E-state index contributed by atoms with van der Waals surface area (Å²) >= 11 is 1.48. The summed E-state index contributed by atoms with van der Waals surface area (Å²) < 4.78 is 30.4. The van der Waals surface area contributed by atoms with E-state index in [4.69, 9.17) is 9.47 Å². The van der Waals surface area contributed by atoms with Crippen molar-refractivity contribution in [2.24, 2.45) is 0 Å². The molecule has 0 aliphatic heterocycles. The zero-order valence-electron chi connectivity index (χ0n) is 22.6. The van der Waals surface area contributed by atoms with Crippen molar-refractivity contribution in [3.05, 3.63) is 113 Å². The highest BCUT2D eigenvalue weighted by molar-refractivity contribution is 7.22. The van der Waals surface area contributed by atoms with Crippen molar-refractivity contribution >= 4 is 33.1 Å². The first-order valence-corrected chi connectivity index (χ1v) is 13.8. The van der Waals surface area contributed by atoms with Gasteiger partial charge in [-0.3, -0.25) is 23.8 Å². The lowest BCUT2D eigenvalue weighted by Gasteiger charge is -2.13. The fourth-order valence-electron chi connectivity index (χ4n) is 4.46. The van der Waals surface area contributed by atoms with Gasteiger partial charge in [-0.1, -0.05) is 18.2 Å². The molecule has 4 heterocycles. The predicted octanol–water partition coefficient (Wildman–Crippen LogP) is 6.52. The minimum Gasteiger partial charge on any atom is -0.496 e. The highest BCUT2D eigenvalue weighted by Gasteiger charge is 2.21. The summed E-state index contributed by atoms with van der Waals surface area (Å²) in [6.07, 6.45) is 6.89. The molecule has 2 aromatic carbocycles. The van der Waals surface area contributed by atoms with E-state index in [1.54, 1.807) is 42.7 Å². The Kier molecular flexibility index (Phi) is 7.24. The quantitative estimate of drug-likeness (QED) is 0.220. The molecule has 0 fully saturated rings. The monoisotopic (exact) mass is 581 g/mol. The molecule has 4 aromatic heterocycles. The summed E-state index contributed by atoms with van der Waals surface area (Å²) in [5, 5.41) is 6.93. The third-order valence-electron chi connectivity index (χ3n) is 6.56. The lowest BCUT2D eigenvalue weighted by atomic mass is 10.2. The summed E-state index contributed by atoms with van der Waals surface area (Å²) in [5.74, 6) is -0.906. The summed E-state index contributed by atoms with van der Waals surface area (Å²) in [6.45, 7) is 2.78. The van der Waals surface area contributed by atoms with E-state index < -0.39 is 17.3 Å². The maximum Gasteiger partial charge on any atom is 0.271 e. The fraction of sp³-hybridized carbons (Fsp3) is 0.0968. The summed E-state index contributed by atoms with van der Waals surface area (Å²) in [5.41, 5.74) is 1.64. The third kappa shape index (κ3) is 5.13. The molecule has 0 saturated carbocycles. The van der Waals surface area contributed by atoms with Crippen LogP contribution in [0.3, 0.4) is 0 Å². The first-order chi connectivity index (χ1) is 20.4. The Labute approximate surface area is 243 Å². The van der Waals surface area contributed by atoms with Crippen LogP contribution in [0.1, 0.15) is 17.3 Å². The van der Waals surface area contributed by atoms with Gasteiger partial charge in [0, 0.05) is 59.1 Å². The minimum atomic E-state index is -0.733. The highest BCUT2D eigenvalue weighted by Crippen LogP contribution is 2.39. The second-order valence-electron chi connectivity index (χ2n) is 9.19. The van der Waals surface area contributed by atoms with Crippen LogP contribution in [0.2, 0.25) is 0 Å². The molecule has 0 aliphatic carbocycles. The van der Waals surface area contributed by atoms with Crippen LogP contribution in [-0.4, -0.2) is 32.3 Å². The van der Waals surface area contributed by atoms with Crippen LogP contribution in [0.5, 0.6) is 17.2 Å². The number of aromatic nitrogens is 4. The molecular formula is C31H24FN5O4S. The van der Waals surface area contributed by atoms with Crippen LogP contribution < -0.4 is 20.3 Å². The van der Waals surface area contributed by atoms with Gasteiger partial charge in [0.2, 0.25) is 0 Å². The number of para-hydroxylation sites is 1. The Bertz CT molecular complexity index is 1980. The van der Waals surface area contributed by atoms with Crippen molar-refractivity contribution in [2.45, 2.75) is 13.5 Å². The molecular weight excluding hydrogens is 557 g/mol. The average Bonchev–Trinajstić information content (AvgIpc) is 3.66. The predicted molar refractivity (Wildman–Crippen MR) is 160 cm³/mol. The molecule has 210 valence electrons. The van der Waals surface area contributed by atoms with Crippen molar-refractivity contribution in [3.63, 3.8) is 0 Å². The zero-order valence-corrected chi connectivity index (χ0v) is 23.4. The van der Waals surface area contributed by atoms with Crippen molar-refractivity contribution < 1.29 is 18.7 Å². The molecule has 0 atom stereocenters. The summed E-state index contributed by atoms with van der Waals surface area (Å²) in [4.78, 5) is 31.8. The maximum atomic E-state index is 15.2. The van der Waals surface area contributed by atoms with Crippen LogP contribution in [0.15, 0.2) is 96.3 Å². The Hall–Kier alpha value is -5.29. The molecule has 42 heavy (non-hydrogen) atoms. The van der Waals surface area contributed by atoms with Crippen LogP contribution in [0.25, 0.3) is 26.3 Å². The number of nitrogens with zero attached hydrogens (tertiary/aromatic N) is 4. The molecule has 1 amide bonds. The van der Waals surface area contributed by atoms with E-state index in [-0.39, 0.29) is 22.7 Å². The Morgan fingerprint density at radius 1 is 1.05 bits per heavy atom. The summed E-state index contributed by atoms with van der Waals surface area (Å²) in [6, 6.07) is 18.1. The number of hydrogen-bond acceptors (Lipinski definition) is 7. The minimum absolute atomic E-state index is 0.0297. The van der Waals surface area contributed by atoms with Crippen LogP contribution in [0, 0.1) is 5.82 Å². The second kappa shape index (κ2) is 11.3. The number of methoxy groups -OCH3 is 1. The number of nitrogens with one attached hydrogen (secondary N) is 1. The molecule has 0 spiro atoms.